The first-order valence-corrected chi connectivity index (χ1v) is 12.9. The predicted molar refractivity (Wildman–Crippen MR) is 121 cm³/mol. The van der Waals surface area contributed by atoms with Crippen LogP contribution < -0.4 is 0 Å². The van der Waals surface area contributed by atoms with Gasteiger partial charge in [0.2, 0.25) is 0 Å². The van der Waals surface area contributed by atoms with Gasteiger partial charge in [0.15, 0.2) is 5.79 Å². The molecule has 1 spiro atoms. The number of hydrogen-bond donors (Lipinski definition) is 0. The Kier molecular flexibility index (Phi) is 5.60. The fraction of sp³-hybridized carbons (Fsp3) is 0.852. The van der Waals surface area contributed by atoms with Gasteiger partial charge in [0.25, 0.3) is 0 Å². The van der Waals surface area contributed by atoms with Crippen LogP contribution in [0.4, 0.5) is 0 Å². The fourth-order valence-electron chi connectivity index (χ4n) is 8.01. The summed E-state index contributed by atoms with van der Waals surface area (Å²) in [5.74, 6) is 2.66. The highest BCUT2D eigenvalue weighted by Crippen LogP contribution is 2.63. The van der Waals surface area contributed by atoms with Crippen molar-refractivity contribution in [3.8, 4) is 0 Å². The van der Waals surface area contributed by atoms with E-state index in [-0.39, 0.29) is 11.4 Å². The van der Waals surface area contributed by atoms with Crippen LogP contribution in [0.15, 0.2) is 11.6 Å². The minimum atomic E-state index is -0.500. The standard InChI is InChI=1S/C27H40O5/c1-17-15-18-16-27(31-13-14-32-27)10-8-19(18)20-7-9-26(11-12-30-24(29)25(2,3)4)21(23(17)20)5-6-22(26)28/h16-17,19-21,23H,5-15H2,1-4H3/t17?,19?,20?,21?,23?,26-/m1/s1. The Balaban J connectivity index is 1.34. The molecule has 32 heavy (non-hydrogen) atoms. The zero-order valence-corrected chi connectivity index (χ0v) is 20.3. The number of ether oxygens (including phenoxy) is 3. The summed E-state index contributed by atoms with van der Waals surface area (Å²) < 4.78 is 17.6. The van der Waals surface area contributed by atoms with E-state index in [1.807, 2.05) is 20.8 Å². The van der Waals surface area contributed by atoms with E-state index in [1.54, 1.807) is 5.57 Å². The Morgan fingerprint density at radius 1 is 1.16 bits per heavy atom. The SMILES string of the molecule is CC1CC2=CC3(CCC2C2CC[C@]4(CCOC(=O)C(C)(C)C)C(=O)CCC4C12)OCCO3. The summed E-state index contributed by atoms with van der Waals surface area (Å²) in [4.78, 5) is 25.5. The number of fused-ring (bicyclic) bond motifs is 5. The molecule has 4 aliphatic carbocycles. The molecular weight excluding hydrogens is 404 g/mol. The summed E-state index contributed by atoms with van der Waals surface area (Å²) >= 11 is 0. The van der Waals surface area contributed by atoms with E-state index in [4.69, 9.17) is 14.2 Å². The Bertz CT molecular complexity index is 801. The smallest absolute Gasteiger partial charge is 0.311 e. The van der Waals surface area contributed by atoms with Gasteiger partial charge in [-0.05, 0) is 95.0 Å². The summed E-state index contributed by atoms with van der Waals surface area (Å²) in [7, 11) is 0. The zero-order valence-electron chi connectivity index (χ0n) is 20.3. The van der Waals surface area contributed by atoms with E-state index in [1.165, 1.54) is 0 Å². The molecule has 5 rings (SSSR count). The molecule has 5 unspecified atom stereocenters. The number of carbonyl (C=O) groups excluding carboxylic acids is 2. The number of hydrogen-bond acceptors (Lipinski definition) is 5. The van der Waals surface area contributed by atoms with Gasteiger partial charge in [0, 0.05) is 18.3 Å². The lowest BCUT2D eigenvalue weighted by Crippen LogP contribution is -2.51. The molecule has 5 aliphatic rings. The average molecular weight is 445 g/mol. The van der Waals surface area contributed by atoms with Crippen molar-refractivity contribution < 1.29 is 23.8 Å². The van der Waals surface area contributed by atoms with E-state index in [2.05, 4.69) is 13.0 Å². The number of esters is 1. The second-order valence-corrected chi connectivity index (χ2v) is 12.2. The van der Waals surface area contributed by atoms with Crippen LogP contribution in [0.3, 0.4) is 0 Å². The van der Waals surface area contributed by atoms with E-state index < -0.39 is 11.2 Å². The van der Waals surface area contributed by atoms with Crippen molar-refractivity contribution in [2.45, 2.75) is 84.8 Å². The molecular formula is C27H40O5. The van der Waals surface area contributed by atoms with E-state index in [0.29, 0.717) is 68.0 Å². The first-order chi connectivity index (χ1) is 15.2. The summed E-state index contributed by atoms with van der Waals surface area (Å²) in [5, 5.41) is 0. The van der Waals surface area contributed by atoms with Gasteiger partial charge in [-0.1, -0.05) is 12.5 Å². The van der Waals surface area contributed by atoms with Gasteiger partial charge in [-0.25, -0.2) is 0 Å². The molecule has 4 fully saturated rings. The Morgan fingerprint density at radius 3 is 2.62 bits per heavy atom. The fourth-order valence-corrected chi connectivity index (χ4v) is 8.01. The number of allylic oxidation sites excluding steroid dienone is 1. The van der Waals surface area contributed by atoms with Crippen molar-refractivity contribution in [1.29, 1.82) is 0 Å². The first-order valence-electron chi connectivity index (χ1n) is 12.9. The van der Waals surface area contributed by atoms with Crippen LogP contribution in [0.5, 0.6) is 0 Å². The van der Waals surface area contributed by atoms with Crippen molar-refractivity contribution in [1.82, 2.24) is 0 Å². The maximum absolute atomic E-state index is 13.3. The Morgan fingerprint density at radius 2 is 1.91 bits per heavy atom. The van der Waals surface area contributed by atoms with Crippen molar-refractivity contribution in [3.63, 3.8) is 0 Å². The van der Waals surface area contributed by atoms with Crippen molar-refractivity contribution in [3.05, 3.63) is 11.6 Å². The van der Waals surface area contributed by atoms with Crippen LogP contribution >= 0.6 is 0 Å². The lowest BCUT2D eigenvalue weighted by molar-refractivity contribution is -0.157. The third-order valence-corrected chi connectivity index (χ3v) is 9.42. The maximum atomic E-state index is 13.3. The molecule has 0 radical (unpaired) electrons. The molecule has 5 heteroatoms. The van der Waals surface area contributed by atoms with Crippen LogP contribution in [-0.2, 0) is 23.8 Å². The largest absolute Gasteiger partial charge is 0.465 e. The van der Waals surface area contributed by atoms with Gasteiger partial charge >= 0.3 is 5.97 Å². The summed E-state index contributed by atoms with van der Waals surface area (Å²) in [6, 6.07) is 0. The normalized spacial score (nSPS) is 40.4. The minimum absolute atomic E-state index is 0.169. The van der Waals surface area contributed by atoms with Crippen LogP contribution in [0.25, 0.3) is 0 Å². The molecule has 0 aromatic heterocycles. The van der Waals surface area contributed by atoms with Gasteiger partial charge in [0.05, 0.1) is 25.2 Å². The molecule has 6 atom stereocenters. The van der Waals surface area contributed by atoms with Gasteiger partial charge in [-0.15, -0.1) is 0 Å². The van der Waals surface area contributed by atoms with E-state index in [9.17, 15) is 9.59 Å². The molecule has 5 nitrogen and oxygen atoms in total. The highest BCUT2D eigenvalue weighted by molar-refractivity contribution is 5.87. The van der Waals surface area contributed by atoms with Crippen LogP contribution in [0, 0.1) is 40.4 Å². The molecule has 1 aliphatic heterocycles. The third-order valence-electron chi connectivity index (χ3n) is 9.42. The highest BCUT2D eigenvalue weighted by atomic mass is 16.7. The Hall–Kier alpha value is -1.20. The van der Waals surface area contributed by atoms with E-state index >= 15 is 0 Å². The molecule has 0 N–H and O–H groups in total. The maximum Gasteiger partial charge on any atom is 0.311 e. The topological polar surface area (TPSA) is 61.8 Å². The van der Waals surface area contributed by atoms with E-state index in [0.717, 1.165) is 38.5 Å². The molecule has 0 aromatic rings. The quantitative estimate of drug-likeness (QED) is 0.449. The van der Waals surface area contributed by atoms with Crippen molar-refractivity contribution in [2.24, 2.45) is 40.4 Å². The zero-order chi connectivity index (χ0) is 22.7. The van der Waals surface area contributed by atoms with Crippen molar-refractivity contribution in [2.75, 3.05) is 19.8 Å². The molecule has 178 valence electrons. The lowest BCUT2D eigenvalue weighted by Gasteiger charge is -2.56. The first kappa shape index (κ1) is 22.6. The molecule has 1 saturated heterocycles. The van der Waals surface area contributed by atoms with Crippen LogP contribution in [0.1, 0.15) is 79.1 Å². The van der Waals surface area contributed by atoms with Gasteiger partial charge in [0.1, 0.15) is 5.78 Å². The number of rotatable bonds is 3. The third kappa shape index (κ3) is 3.58. The lowest BCUT2D eigenvalue weighted by atomic mass is 9.49. The second-order valence-electron chi connectivity index (χ2n) is 12.2. The summed E-state index contributed by atoms with van der Waals surface area (Å²) in [6.45, 7) is 9.80. The van der Waals surface area contributed by atoms with Crippen molar-refractivity contribution >= 4 is 11.8 Å². The number of carbonyl (C=O) groups is 2. The number of Topliss-reactive ketones (excluding diaryl/α,β-unsaturated/α-hetero) is 1. The number of ketones is 1. The molecule has 3 saturated carbocycles. The van der Waals surface area contributed by atoms with Gasteiger partial charge in [-0.3, -0.25) is 9.59 Å². The van der Waals surface area contributed by atoms with Gasteiger partial charge < -0.3 is 14.2 Å². The highest BCUT2D eigenvalue weighted by Gasteiger charge is 2.60. The Labute approximate surface area is 192 Å². The molecule has 0 aromatic carbocycles. The van der Waals surface area contributed by atoms with Crippen LogP contribution in [-0.4, -0.2) is 37.4 Å². The average Bonchev–Trinajstić information content (AvgIpc) is 3.32. The van der Waals surface area contributed by atoms with Gasteiger partial charge in [-0.2, -0.15) is 0 Å². The molecule has 0 amide bonds. The summed E-state index contributed by atoms with van der Waals surface area (Å²) in [6.07, 6.45) is 10.00. The minimum Gasteiger partial charge on any atom is -0.465 e. The predicted octanol–water partition coefficient (Wildman–Crippen LogP) is 5.08. The molecule has 0 bridgehead atoms. The summed E-state index contributed by atoms with van der Waals surface area (Å²) in [5.41, 5.74) is 0.769. The second kappa shape index (κ2) is 7.94. The van der Waals surface area contributed by atoms with Crippen LogP contribution in [0.2, 0.25) is 0 Å². The molecule has 1 heterocycles. The monoisotopic (exact) mass is 444 g/mol.